The Hall–Kier alpha value is -2.67. The quantitative estimate of drug-likeness (QED) is 0.456. The first-order chi connectivity index (χ1) is 10.9. The van der Waals surface area contributed by atoms with Crippen molar-refractivity contribution in [1.82, 2.24) is 0 Å². The molecule has 0 amide bonds. The standard InChI is InChI=1S/C15H11ClFNO5/c1-22-14-4-2-9(6-11(14)17)13(19)8-23-15-5-3-10(16)7-12(15)18(20)21/h2-7H,8H2,1H3. The summed E-state index contributed by atoms with van der Waals surface area (Å²) in [6.45, 7) is -0.478. The summed E-state index contributed by atoms with van der Waals surface area (Å²) in [6.07, 6.45) is 0. The number of nitro groups is 1. The number of ether oxygens (including phenoxy) is 2. The van der Waals surface area contributed by atoms with E-state index in [4.69, 9.17) is 21.1 Å². The number of hydrogen-bond acceptors (Lipinski definition) is 5. The zero-order valence-corrected chi connectivity index (χ0v) is 12.7. The monoisotopic (exact) mass is 339 g/mol. The molecule has 23 heavy (non-hydrogen) atoms. The number of hydrogen-bond donors (Lipinski definition) is 0. The molecule has 0 saturated carbocycles. The van der Waals surface area contributed by atoms with Gasteiger partial charge in [0.25, 0.3) is 0 Å². The number of Topliss-reactive ketones (excluding diaryl/α,β-unsaturated/α-hetero) is 1. The number of benzene rings is 2. The van der Waals surface area contributed by atoms with Crippen molar-refractivity contribution in [3.05, 3.63) is 62.9 Å². The minimum absolute atomic E-state index is 0.0100. The molecule has 0 aliphatic rings. The van der Waals surface area contributed by atoms with Crippen LogP contribution in [0.15, 0.2) is 36.4 Å². The first-order valence-electron chi connectivity index (χ1n) is 6.36. The smallest absolute Gasteiger partial charge is 0.312 e. The second kappa shape index (κ2) is 7.06. The lowest BCUT2D eigenvalue weighted by molar-refractivity contribution is -0.385. The van der Waals surface area contributed by atoms with E-state index in [1.807, 2.05) is 0 Å². The minimum atomic E-state index is -0.684. The van der Waals surface area contributed by atoms with E-state index in [1.54, 1.807) is 0 Å². The van der Waals surface area contributed by atoms with Crippen molar-refractivity contribution in [3.63, 3.8) is 0 Å². The van der Waals surface area contributed by atoms with Gasteiger partial charge in [0, 0.05) is 16.7 Å². The normalized spacial score (nSPS) is 10.2. The van der Waals surface area contributed by atoms with Gasteiger partial charge in [0.15, 0.2) is 29.7 Å². The predicted octanol–water partition coefficient (Wildman–Crippen LogP) is 3.66. The summed E-state index contributed by atoms with van der Waals surface area (Å²) in [4.78, 5) is 22.2. The summed E-state index contributed by atoms with van der Waals surface area (Å²) >= 11 is 5.69. The molecule has 0 saturated heterocycles. The SMILES string of the molecule is COc1ccc(C(=O)COc2ccc(Cl)cc2[N+](=O)[O-])cc1F. The maximum atomic E-state index is 13.6. The number of carbonyl (C=O) groups excluding carboxylic acids is 1. The van der Waals surface area contributed by atoms with Crippen LogP contribution in [0.1, 0.15) is 10.4 Å². The summed E-state index contributed by atoms with van der Waals surface area (Å²) in [6, 6.07) is 7.52. The zero-order chi connectivity index (χ0) is 17.0. The fraction of sp³-hybridized carbons (Fsp3) is 0.133. The lowest BCUT2D eigenvalue weighted by Gasteiger charge is -2.07. The van der Waals surface area contributed by atoms with Gasteiger partial charge in [-0.05, 0) is 30.3 Å². The van der Waals surface area contributed by atoms with Crippen LogP contribution in [0.3, 0.4) is 0 Å². The lowest BCUT2D eigenvalue weighted by Crippen LogP contribution is -2.12. The van der Waals surface area contributed by atoms with Crippen LogP contribution >= 0.6 is 11.6 Å². The van der Waals surface area contributed by atoms with Crippen LogP contribution in [0.25, 0.3) is 0 Å². The maximum absolute atomic E-state index is 13.6. The van der Waals surface area contributed by atoms with E-state index in [0.717, 1.165) is 12.1 Å². The Balaban J connectivity index is 2.13. The molecule has 2 rings (SSSR count). The van der Waals surface area contributed by atoms with E-state index in [0.29, 0.717) is 0 Å². The van der Waals surface area contributed by atoms with E-state index < -0.39 is 23.1 Å². The Morgan fingerprint density at radius 1 is 1.26 bits per heavy atom. The molecule has 0 aliphatic heterocycles. The van der Waals surface area contributed by atoms with E-state index in [-0.39, 0.29) is 27.8 Å². The molecule has 2 aromatic rings. The molecule has 120 valence electrons. The molecule has 0 aliphatic carbocycles. The average molecular weight is 340 g/mol. The van der Waals surface area contributed by atoms with Crippen molar-refractivity contribution in [2.45, 2.75) is 0 Å². The van der Waals surface area contributed by atoms with Gasteiger partial charge in [-0.25, -0.2) is 4.39 Å². The fourth-order valence-corrected chi connectivity index (χ4v) is 1.99. The summed E-state index contributed by atoms with van der Waals surface area (Å²) < 4.78 is 23.5. The number of carbonyl (C=O) groups is 1. The summed E-state index contributed by atoms with van der Waals surface area (Å²) in [7, 11) is 1.31. The van der Waals surface area contributed by atoms with E-state index >= 15 is 0 Å². The molecule has 0 bridgehead atoms. The highest BCUT2D eigenvalue weighted by Gasteiger charge is 2.18. The highest BCUT2D eigenvalue weighted by molar-refractivity contribution is 6.30. The third-order valence-corrected chi connectivity index (χ3v) is 3.19. The highest BCUT2D eigenvalue weighted by atomic mass is 35.5. The van der Waals surface area contributed by atoms with Crippen molar-refractivity contribution in [1.29, 1.82) is 0 Å². The van der Waals surface area contributed by atoms with E-state index in [1.165, 1.54) is 31.4 Å². The number of ketones is 1. The molecule has 2 aromatic carbocycles. The zero-order valence-electron chi connectivity index (χ0n) is 11.9. The van der Waals surface area contributed by atoms with Gasteiger partial charge in [0.05, 0.1) is 12.0 Å². The van der Waals surface area contributed by atoms with Gasteiger partial charge in [0.1, 0.15) is 0 Å². The van der Waals surface area contributed by atoms with Gasteiger partial charge in [-0.2, -0.15) is 0 Å². The summed E-state index contributed by atoms with van der Waals surface area (Å²) in [5, 5.41) is 11.1. The Bertz CT molecular complexity index is 766. The molecule has 0 atom stereocenters. The lowest BCUT2D eigenvalue weighted by atomic mass is 10.1. The number of nitro benzene ring substituents is 1. The van der Waals surface area contributed by atoms with Crippen LogP contribution in [-0.4, -0.2) is 24.4 Å². The van der Waals surface area contributed by atoms with Gasteiger partial charge < -0.3 is 9.47 Å². The summed E-state index contributed by atoms with van der Waals surface area (Å²) in [5.74, 6) is -1.30. The number of rotatable bonds is 6. The van der Waals surface area contributed by atoms with Crippen LogP contribution in [0.5, 0.6) is 11.5 Å². The van der Waals surface area contributed by atoms with Gasteiger partial charge in [-0.3, -0.25) is 14.9 Å². The Morgan fingerprint density at radius 3 is 2.57 bits per heavy atom. The Labute approximate surface area is 135 Å². The summed E-state index contributed by atoms with van der Waals surface area (Å²) in [5.41, 5.74) is -0.286. The molecule has 0 heterocycles. The third kappa shape index (κ3) is 3.95. The molecule has 0 N–H and O–H groups in total. The van der Waals surface area contributed by atoms with Crippen LogP contribution in [0.2, 0.25) is 5.02 Å². The fourth-order valence-electron chi connectivity index (χ4n) is 1.82. The largest absolute Gasteiger partial charge is 0.494 e. The molecular formula is C15H11ClFNO5. The van der Waals surface area contributed by atoms with E-state index in [2.05, 4.69) is 0 Å². The van der Waals surface area contributed by atoms with Gasteiger partial charge in [-0.15, -0.1) is 0 Å². The molecule has 0 aromatic heterocycles. The molecule has 8 heteroatoms. The Kier molecular flexibility index (Phi) is 5.13. The number of nitrogens with zero attached hydrogens (tertiary/aromatic N) is 1. The third-order valence-electron chi connectivity index (χ3n) is 2.95. The maximum Gasteiger partial charge on any atom is 0.312 e. The second-order valence-electron chi connectivity index (χ2n) is 4.43. The first kappa shape index (κ1) is 16.7. The van der Waals surface area contributed by atoms with Crippen LogP contribution in [-0.2, 0) is 0 Å². The van der Waals surface area contributed by atoms with Crippen molar-refractivity contribution < 1.29 is 23.6 Å². The van der Waals surface area contributed by atoms with Crippen molar-refractivity contribution in [2.75, 3.05) is 13.7 Å². The van der Waals surface area contributed by atoms with Crippen molar-refractivity contribution in [3.8, 4) is 11.5 Å². The highest BCUT2D eigenvalue weighted by Crippen LogP contribution is 2.30. The van der Waals surface area contributed by atoms with Crippen LogP contribution in [0, 0.1) is 15.9 Å². The minimum Gasteiger partial charge on any atom is -0.494 e. The first-order valence-corrected chi connectivity index (χ1v) is 6.73. The van der Waals surface area contributed by atoms with Crippen LogP contribution in [0.4, 0.5) is 10.1 Å². The Morgan fingerprint density at radius 2 is 1.96 bits per heavy atom. The molecule has 0 spiro atoms. The molecule has 0 radical (unpaired) electrons. The van der Waals surface area contributed by atoms with Gasteiger partial charge >= 0.3 is 5.69 Å². The van der Waals surface area contributed by atoms with Crippen molar-refractivity contribution >= 4 is 23.1 Å². The molecule has 6 nitrogen and oxygen atoms in total. The number of halogens is 2. The van der Waals surface area contributed by atoms with Gasteiger partial charge in [0.2, 0.25) is 0 Å². The molecular weight excluding hydrogens is 329 g/mol. The molecule has 0 fully saturated rings. The van der Waals surface area contributed by atoms with Crippen molar-refractivity contribution in [2.24, 2.45) is 0 Å². The second-order valence-corrected chi connectivity index (χ2v) is 4.87. The van der Waals surface area contributed by atoms with E-state index in [9.17, 15) is 19.3 Å². The molecule has 0 unspecified atom stereocenters. The predicted molar refractivity (Wildman–Crippen MR) is 80.9 cm³/mol. The van der Waals surface area contributed by atoms with Crippen LogP contribution < -0.4 is 9.47 Å². The van der Waals surface area contributed by atoms with Gasteiger partial charge in [-0.1, -0.05) is 11.6 Å². The average Bonchev–Trinajstić information content (AvgIpc) is 2.53. The number of methoxy groups -OCH3 is 1. The topological polar surface area (TPSA) is 78.7 Å².